The molecule has 0 rings (SSSR count). The van der Waals surface area contributed by atoms with E-state index in [4.69, 9.17) is 15.8 Å². The van der Waals surface area contributed by atoms with E-state index in [9.17, 15) is 0 Å². The van der Waals surface area contributed by atoms with E-state index in [1.165, 1.54) is 0 Å². The second kappa shape index (κ2) is 7.60. The van der Waals surface area contributed by atoms with Crippen LogP contribution < -0.4 is 0 Å². The van der Waals surface area contributed by atoms with Gasteiger partial charge in [0.25, 0.3) is 0 Å². The summed E-state index contributed by atoms with van der Waals surface area (Å²) in [5, 5.41) is 26.1. The fourth-order valence-corrected chi connectivity index (χ4v) is 1.50. The van der Waals surface area contributed by atoms with Crippen LogP contribution in [0.15, 0.2) is 12.2 Å². The quantitative estimate of drug-likeness (QED) is 0.620. The van der Waals surface area contributed by atoms with Gasteiger partial charge < -0.3 is 0 Å². The van der Waals surface area contributed by atoms with Crippen LogP contribution in [0.2, 0.25) is 0 Å². The predicted octanol–water partition coefficient (Wildman–Crippen LogP) is 3.07. The summed E-state index contributed by atoms with van der Waals surface area (Å²) in [6.07, 6.45) is 6.40. The van der Waals surface area contributed by atoms with E-state index in [1.807, 2.05) is 13.0 Å². The Kier molecular flexibility index (Phi) is 6.69. The van der Waals surface area contributed by atoms with Crippen LogP contribution in [-0.4, -0.2) is 0 Å². The fourth-order valence-electron chi connectivity index (χ4n) is 1.50. The fraction of sp³-hybridized carbons (Fsp3) is 0.583. The lowest BCUT2D eigenvalue weighted by Gasteiger charge is -2.20. The van der Waals surface area contributed by atoms with Crippen molar-refractivity contribution in [3.63, 3.8) is 0 Å². The van der Waals surface area contributed by atoms with Gasteiger partial charge in [-0.25, -0.2) is 0 Å². The zero-order valence-corrected chi connectivity index (χ0v) is 9.03. The van der Waals surface area contributed by atoms with E-state index in [2.05, 4.69) is 12.1 Å². The summed E-state index contributed by atoms with van der Waals surface area (Å²) < 4.78 is 0. The van der Waals surface area contributed by atoms with Crippen molar-refractivity contribution in [3.8, 4) is 18.2 Å². The first-order chi connectivity index (χ1) is 7.24. The van der Waals surface area contributed by atoms with Crippen molar-refractivity contribution in [3.05, 3.63) is 12.2 Å². The molecular weight excluding hydrogens is 186 g/mol. The van der Waals surface area contributed by atoms with Crippen LogP contribution in [0.25, 0.3) is 0 Å². The van der Waals surface area contributed by atoms with E-state index in [0.717, 1.165) is 12.8 Å². The van der Waals surface area contributed by atoms with Gasteiger partial charge in [-0.3, -0.25) is 0 Å². The molecule has 0 fully saturated rings. The molecule has 0 bridgehead atoms. The summed E-state index contributed by atoms with van der Waals surface area (Å²) in [4.78, 5) is 0. The molecule has 15 heavy (non-hydrogen) atoms. The molecule has 0 aliphatic rings. The van der Waals surface area contributed by atoms with Crippen LogP contribution in [0.4, 0.5) is 0 Å². The second-order valence-corrected chi connectivity index (χ2v) is 3.44. The lowest BCUT2D eigenvalue weighted by atomic mass is 9.80. The number of rotatable bonds is 6. The van der Waals surface area contributed by atoms with Gasteiger partial charge in [-0.2, -0.15) is 15.8 Å². The van der Waals surface area contributed by atoms with Crippen molar-refractivity contribution in [1.29, 1.82) is 15.8 Å². The number of allylic oxidation sites excluding steroid dienone is 2. The van der Waals surface area contributed by atoms with E-state index in [0.29, 0.717) is 19.3 Å². The lowest BCUT2D eigenvalue weighted by molar-refractivity contribution is 0.426. The molecule has 0 aliphatic heterocycles. The van der Waals surface area contributed by atoms with Crippen LogP contribution in [0.1, 0.15) is 39.0 Å². The monoisotopic (exact) mass is 201 g/mol. The first kappa shape index (κ1) is 13.2. The Hall–Kier alpha value is -1.79. The normalized spacial score (nSPS) is 13.7. The van der Waals surface area contributed by atoms with E-state index in [1.54, 1.807) is 12.2 Å². The van der Waals surface area contributed by atoms with Crippen molar-refractivity contribution in [1.82, 2.24) is 0 Å². The standard InChI is InChI=1S/C12H15N3/c1-2-6-12(11-15,8-5-10-14)7-3-4-9-13/h3,7H,2,4-6,8H2,1H3/b7-3+. The Morgan fingerprint density at radius 1 is 1.13 bits per heavy atom. The van der Waals surface area contributed by atoms with Gasteiger partial charge in [-0.15, -0.1) is 0 Å². The van der Waals surface area contributed by atoms with Gasteiger partial charge in [-0.1, -0.05) is 25.5 Å². The zero-order valence-electron chi connectivity index (χ0n) is 9.03. The molecule has 0 saturated carbocycles. The zero-order chi connectivity index (χ0) is 11.6. The van der Waals surface area contributed by atoms with Crippen molar-refractivity contribution in [2.75, 3.05) is 0 Å². The minimum atomic E-state index is -0.554. The van der Waals surface area contributed by atoms with Gasteiger partial charge in [0.15, 0.2) is 0 Å². The highest BCUT2D eigenvalue weighted by atomic mass is 14.4. The van der Waals surface area contributed by atoms with E-state index >= 15 is 0 Å². The van der Waals surface area contributed by atoms with Crippen molar-refractivity contribution < 1.29 is 0 Å². The minimum absolute atomic E-state index is 0.319. The Morgan fingerprint density at radius 2 is 1.87 bits per heavy atom. The summed E-state index contributed by atoms with van der Waals surface area (Å²) in [7, 11) is 0. The third-order valence-electron chi connectivity index (χ3n) is 2.25. The Balaban J connectivity index is 4.61. The molecule has 0 aromatic rings. The molecule has 3 heteroatoms. The first-order valence-electron chi connectivity index (χ1n) is 5.07. The first-order valence-corrected chi connectivity index (χ1v) is 5.07. The molecule has 0 spiro atoms. The van der Waals surface area contributed by atoms with Crippen molar-refractivity contribution >= 4 is 0 Å². The molecule has 1 atom stereocenters. The SMILES string of the molecule is CCCC(C#N)(/C=C/CC#N)CCC#N. The number of hydrogen-bond acceptors (Lipinski definition) is 3. The highest BCUT2D eigenvalue weighted by Crippen LogP contribution is 2.30. The van der Waals surface area contributed by atoms with Crippen LogP contribution in [-0.2, 0) is 0 Å². The predicted molar refractivity (Wildman–Crippen MR) is 57.2 cm³/mol. The molecule has 0 aliphatic carbocycles. The van der Waals surface area contributed by atoms with E-state index in [-0.39, 0.29) is 0 Å². The Morgan fingerprint density at radius 3 is 2.33 bits per heavy atom. The molecule has 78 valence electrons. The number of nitriles is 3. The van der Waals surface area contributed by atoms with Gasteiger partial charge in [0.1, 0.15) is 0 Å². The van der Waals surface area contributed by atoms with Gasteiger partial charge in [0, 0.05) is 6.42 Å². The molecule has 0 amide bonds. The third kappa shape index (κ3) is 4.84. The van der Waals surface area contributed by atoms with E-state index < -0.39 is 5.41 Å². The molecular formula is C12H15N3. The average molecular weight is 201 g/mol. The summed E-state index contributed by atoms with van der Waals surface area (Å²) in [5.74, 6) is 0. The number of nitrogens with zero attached hydrogens (tertiary/aromatic N) is 3. The van der Waals surface area contributed by atoms with Crippen LogP contribution >= 0.6 is 0 Å². The third-order valence-corrected chi connectivity index (χ3v) is 2.25. The minimum Gasteiger partial charge on any atom is -0.198 e. The van der Waals surface area contributed by atoms with Crippen LogP contribution in [0, 0.1) is 39.4 Å². The maximum atomic E-state index is 9.14. The smallest absolute Gasteiger partial charge is 0.0763 e. The van der Waals surface area contributed by atoms with Crippen LogP contribution in [0.3, 0.4) is 0 Å². The van der Waals surface area contributed by atoms with Gasteiger partial charge in [0.05, 0.1) is 30.0 Å². The highest BCUT2D eigenvalue weighted by molar-refractivity contribution is 5.14. The summed E-state index contributed by atoms with van der Waals surface area (Å²) in [6, 6.07) is 6.32. The molecule has 0 aromatic carbocycles. The summed E-state index contributed by atoms with van der Waals surface area (Å²) in [5.41, 5.74) is -0.554. The Bertz CT molecular complexity index is 324. The largest absolute Gasteiger partial charge is 0.198 e. The van der Waals surface area contributed by atoms with Gasteiger partial charge in [0.2, 0.25) is 0 Å². The van der Waals surface area contributed by atoms with Gasteiger partial charge in [-0.05, 0) is 12.8 Å². The topological polar surface area (TPSA) is 71.4 Å². The second-order valence-electron chi connectivity index (χ2n) is 3.44. The highest BCUT2D eigenvalue weighted by Gasteiger charge is 2.25. The number of hydrogen-bond donors (Lipinski definition) is 0. The van der Waals surface area contributed by atoms with Crippen molar-refractivity contribution in [2.45, 2.75) is 39.0 Å². The molecule has 0 heterocycles. The molecule has 0 radical (unpaired) electrons. The molecule has 0 saturated heterocycles. The summed E-state index contributed by atoms with van der Waals surface area (Å²) >= 11 is 0. The maximum Gasteiger partial charge on any atom is 0.0763 e. The van der Waals surface area contributed by atoms with Gasteiger partial charge >= 0.3 is 0 Å². The molecule has 0 N–H and O–H groups in total. The summed E-state index contributed by atoms with van der Waals surface area (Å²) in [6.45, 7) is 2.01. The molecule has 3 nitrogen and oxygen atoms in total. The van der Waals surface area contributed by atoms with Crippen LogP contribution in [0.5, 0.6) is 0 Å². The Labute approximate surface area is 91.2 Å². The molecule has 0 aromatic heterocycles. The average Bonchev–Trinajstić information content (AvgIpc) is 2.26. The lowest BCUT2D eigenvalue weighted by Crippen LogP contribution is -2.15. The van der Waals surface area contributed by atoms with Crippen molar-refractivity contribution in [2.24, 2.45) is 5.41 Å². The molecule has 1 unspecified atom stereocenters. The maximum absolute atomic E-state index is 9.14.